The maximum Gasteiger partial charge on any atom is 0.151 e. The van der Waals surface area contributed by atoms with Gasteiger partial charge in [-0.3, -0.25) is 0 Å². The average Bonchev–Trinajstić information content (AvgIpc) is 2.27. The van der Waals surface area contributed by atoms with Crippen LogP contribution in [0.15, 0.2) is 0 Å². The maximum atomic E-state index is 9.90. The fourth-order valence-electron chi connectivity index (χ4n) is 0.618. The van der Waals surface area contributed by atoms with Crippen molar-refractivity contribution in [3.05, 3.63) is 0 Å². The molecule has 0 fully saturated rings. The van der Waals surface area contributed by atoms with Gasteiger partial charge in [-0.2, -0.15) is 0 Å². The van der Waals surface area contributed by atoms with E-state index in [4.69, 9.17) is 30.3 Å². The molecular formula is C6H13NO6S. The van der Waals surface area contributed by atoms with Gasteiger partial charge in [0.1, 0.15) is 24.4 Å². The van der Waals surface area contributed by atoms with E-state index in [0.29, 0.717) is 0 Å². The summed E-state index contributed by atoms with van der Waals surface area (Å²) in [5.41, 5.74) is 0. The fraction of sp³-hybridized carbons (Fsp3) is 0.833. The third-order valence-electron chi connectivity index (χ3n) is 1.42. The number of nitrogens with one attached hydrogen (secondary N) is 1. The fourth-order valence-corrected chi connectivity index (χ4v) is 0.618. The second-order valence-corrected chi connectivity index (χ2v) is 2.36. The normalized spacial score (nSPS) is 18.4. The van der Waals surface area contributed by atoms with Crippen molar-refractivity contribution in [2.24, 2.45) is 0 Å². The summed E-state index contributed by atoms with van der Waals surface area (Å²) in [6.07, 6.45) is -6.84. The van der Waals surface area contributed by atoms with Gasteiger partial charge in [0.05, 0.1) is 6.61 Å². The van der Waals surface area contributed by atoms with Gasteiger partial charge in [0, 0.05) is 12.4 Å². The van der Waals surface area contributed by atoms with E-state index in [1.54, 1.807) is 0 Å². The molecule has 4 atom stereocenters. The SMILES string of the molecule is N=S.O=CC(O)C(O)C(O)C(O)CO. The number of rotatable bonds is 5. The van der Waals surface area contributed by atoms with Gasteiger partial charge in [-0.25, -0.2) is 4.78 Å². The van der Waals surface area contributed by atoms with Gasteiger partial charge in [0.15, 0.2) is 6.29 Å². The summed E-state index contributed by atoms with van der Waals surface area (Å²) in [6.45, 7) is -0.760. The predicted octanol–water partition coefficient (Wildman–Crippen LogP) is -3.08. The smallest absolute Gasteiger partial charge is 0.151 e. The summed E-state index contributed by atoms with van der Waals surface area (Å²) < 4.78 is 5.33. The molecule has 0 rings (SSSR count). The molecule has 4 unspecified atom stereocenters. The molecule has 0 aliphatic heterocycles. The van der Waals surface area contributed by atoms with E-state index < -0.39 is 31.0 Å². The summed E-state index contributed by atoms with van der Waals surface area (Å²) >= 11 is 3.33. The summed E-state index contributed by atoms with van der Waals surface area (Å²) in [5, 5.41) is 43.5. The van der Waals surface area contributed by atoms with E-state index in [1.807, 2.05) is 0 Å². The number of carbonyl (C=O) groups excluding carboxylic acids is 1. The Balaban J connectivity index is 0. The van der Waals surface area contributed by atoms with Crippen molar-refractivity contribution in [3.63, 3.8) is 0 Å². The summed E-state index contributed by atoms with van der Waals surface area (Å²) in [6, 6.07) is 0. The third kappa shape index (κ3) is 5.27. The summed E-state index contributed by atoms with van der Waals surface area (Å²) in [5.74, 6) is 0. The molecule has 6 N–H and O–H groups in total. The van der Waals surface area contributed by atoms with Crippen molar-refractivity contribution in [1.29, 1.82) is 4.78 Å². The lowest BCUT2D eigenvalue weighted by molar-refractivity contribution is -0.136. The maximum absolute atomic E-state index is 9.90. The first-order valence-electron chi connectivity index (χ1n) is 3.53. The molecule has 0 saturated heterocycles. The first kappa shape index (κ1) is 15.9. The van der Waals surface area contributed by atoms with Gasteiger partial charge in [0.2, 0.25) is 0 Å². The molecule has 0 heterocycles. The monoisotopic (exact) mass is 227 g/mol. The average molecular weight is 227 g/mol. The Labute approximate surface area is 85.6 Å². The Morgan fingerprint density at radius 3 is 1.86 bits per heavy atom. The van der Waals surface area contributed by atoms with Crippen LogP contribution >= 0.6 is 0 Å². The predicted molar refractivity (Wildman–Crippen MR) is 47.3 cm³/mol. The minimum Gasteiger partial charge on any atom is -0.394 e. The number of aliphatic hydroxyl groups is 5. The van der Waals surface area contributed by atoms with Gasteiger partial charge in [0.25, 0.3) is 0 Å². The van der Waals surface area contributed by atoms with Crippen LogP contribution in [0.2, 0.25) is 0 Å². The van der Waals surface area contributed by atoms with Crippen molar-refractivity contribution >= 4 is 18.7 Å². The Hall–Kier alpha value is -0.510. The zero-order valence-electron chi connectivity index (χ0n) is 7.15. The Bertz CT molecular complexity index is 159. The highest BCUT2D eigenvalue weighted by Gasteiger charge is 2.29. The Morgan fingerprint density at radius 1 is 1.14 bits per heavy atom. The van der Waals surface area contributed by atoms with Crippen LogP contribution in [0, 0.1) is 4.78 Å². The van der Waals surface area contributed by atoms with Crippen LogP contribution in [0.3, 0.4) is 0 Å². The highest BCUT2D eigenvalue weighted by Crippen LogP contribution is 2.02. The van der Waals surface area contributed by atoms with E-state index in [1.165, 1.54) is 0 Å². The number of hydrogen-bond donors (Lipinski definition) is 6. The number of carbonyl (C=O) groups is 1. The summed E-state index contributed by atoms with van der Waals surface area (Å²) in [4.78, 5) is 9.90. The first-order valence-corrected chi connectivity index (χ1v) is 3.94. The quantitative estimate of drug-likeness (QED) is 0.273. The lowest BCUT2D eigenvalue weighted by Crippen LogP contribution is -2.46. The first-order chi connectivity index (χ1) is 6.54. The molecule has 0 bridgehead atoms. The van der Waals surface area contributed by atoms with Gasteiger partial charge in [-0.1, -0.05) is 0 Å². The molecule has 8 heteroatoms. The molecule has 7 nitrogen and oxygen atoms in total. The van der Waals surface area contributed by atoms with Crippen LogP contribution in [0.4, 0.5) is 0 Å². The van der Waals surface area contributed by atoms with Crippen molar-refractivity contribution in [1.82, 2.24) is 0 Å². The highest BCUT2D eigenvalue weighted by molar-refractivity contribution is 7.45. The van der Waals surface area contributed by atoms with E-state index >= 15 is 0 Å². The lowest BCUT2D eigenvalue weighted by atomic mass is 10.0. The van der Waals surface area contributed by atoms with Crippen LogP contribution in [0.5, 0.6) is 0 Å². The second-order valence-electron chi connectivity index (χ2n) is 2.36. The van der Waals surface area contributed by atoms with Crippen LogP contribution in [-0.2, 0) is 17.2 Å². The van der Waals surface area contributed by atoms with Gasteiger partial charge >= 0.3 is 0 Å². The van der Waals surface area contributed by atoms with Crippen molar-refractivity contribution < 1.29 is 30.3 Å². The molecule has 0 saturated carbocycles. The molecular weight excluding hydrogens is 214 g/mol. The lowest BCUT2D eigenvalue weighted by Gasteiger charge is -2.22. The van der Waals surface area contributed by atoms with Crippen LogP contribution in [-0.4, -0.2) is 62.8 Å². The standard InChI is InChI=1S/C6H12O6.HNS/c7-1-3(9)5(11)6(12)4(10)2-8;1-2/h1,3-6,8-12H,2H2;1H. The molecule has 14 heavy (non-hydrogen) atoms. The van der Waals surface area contributed by atoms with Gasteiger partial charge < -0.3 is 30.3 Å². The minimum absolute atomic E-state index is 0.0258. The largest absolute Gasteiger partial charge is 0.394 e. The van der Waals surface area contributed by atoms with E-state index in [9.17, 15) is 4.79 Å². The zero-order valence-corrected chi connectivity index (χ0v) is 7.96. The van der Waals surface area contributed by atoms with Gasteiger partial charge in [-0.15, -0.1) is 0 Å². The van der Waals surface area contributed by atoms with E-state index in [2.05, 4.69) is 12.4 Å². The van der Waals surface area contributed by atoms with Crippen LogP contribution < -0.4 is 0 Å². The molecule has 0 aromatic rings. The Morgan fingerprint density at radius 2 is 1.57 bits per heavy atom. The second kappa shape index (κ2) is 9.06. The van der Waals surface area contributed by atoms with E-state index in [-0.39, 0.29) is 6.29 Å². The van der Waals surface area contributed by atoms with Crippen molar-refractivity contribution in [3.8, 4) is 0 Å². The molecule has 0 amide bonds. The van der Waals surface area contributed by atoms with Crippen molar-refractivity contribution in [2.45, 2.75) is 24.4 Å². The number of aliphatic hydroxyl groups excluding tert-OH is 5. The topological polar surface area (TPSA) is 142 Å². The van der Waals surface area contributed by atoms with Crippen molar-refractivity contribution in [2.75, 3.05) is 6.61 Å². The van der Waals surface area contributed by atoms with Gasteiger partial charge in [-0.05, 0) is 0 Å². The zero-order chi connectivity index (χ0) is 11.7. The van der Waals surface area contributed by atoms with Crippen LogP contribution in [0.1, 0.15) is 0 Å². The number of aldehydes is 1. The molecule has 0 aromatic heterocycles. The Kier molecular flexibility index (Phi) is 10.3. The van der Waals surface area contributed by atoms with Crippen LogP contribution in [0.25, 0.3) is 0 Å². The van der Waals surface area contributed by atoms with E-state index in [0.717, 1.165) is 0 Å². The molecule has 0 spiro atoms. The molecule has 0 radical (unpaired) electrons. The minimum atomic E-state index is -1.79. The number of hydrogen-bond acceptors (Lipinski definition) is 8. The molecule has 0 aliphatic carbocycles. The highest BCUT2D eigenvalue weighted by atomic mass is 32.1. The molecule has 84 valence electrons. The summed E-state index contributed by atoms with van der Waals surface area (Å²) in [7, 11) is 0. The molecule has 0 aromatic carbocycles. The molecule has 0 aliphatic rings. The third-order valence-corrected chi connectivity index (χ3v) is 1.42.